The molecule has 1 aromatic heterocycles. The Hall–Kier alpha value is -4.04. The second-order valence-corrected chi connectivity index (χ2v) is 11.7. The van der Waals surface area contributed by atoms with Crippen molar-refractivity contribution in [3.8, 4) is 5.75 Å². The van der Waals surface area contributed by atoms with Gasteiger partial charge in [0.2, 0.25) is 0 Å². The molecule has 41 heavy (non-hydrogen) atoms. The van der Waals surface area contributed by atoms with Crippen LogP contribution >= 0.6 is 0 Å². The van der Waals surface area contributed by atoms with Crippen LogP contribution in [-0.2, 0) is 29.7 Å². The Labute approximate surface area is 242 Å². The van der Waals surface area contributed by atoms with E-state index in [0.717, 1.165) is 64.2 Å². The van der Waals surface area contributed by atoms with Gasteiger partial charge in [-0.05, 0) is 67.6 Å². The number of nitrogens with two attached hydrogens (primary N) is 1. The van der Waals surface area contributed by atoms with Crippen LogP contribution < -0.4 is 15.8 Å². The van der Waals surface area contributed by atoms with Crippen LogP contribution in [0.5, 0.6) is 5.75 Å². The summed E-state index contributed by atoms with van der Waals surface area (Å²) >= 11 is 0. The molecule has 1 aliphatic heterocycles. The second-order valence-electron chi connectivity index (χ2n) is 11.7. The van der Waals surface area contributed by atoms with E-state index in [-0.39, 0.29) is 11.9 Å². The number of carbonyl (C=O) groups excluding carboxylic acids is 1. The largest absolute Gasteiger partial charge is 0.492 e. The Morgan fingerprint density at radius 2 is 1.98 bits per heavy atom. The summed E-state index contributed by atoms with van der Waals surface area (Å²) in [5.41, 5.74) is 14.8. The van der Waals surface area contributed by atoms with Gasteiger partial charge in [0.05, 0.1) is 29.4 Å². The molecule has 1 atom stereocenters. The number of nitrogens with one attached hydrogen (secondary N) is 1. The minimum absolute atomic E-state index is 0.255. The third kappa shape index (κ3) is 5.36. The van der Waals surface area contributed by atoms with Gasteiger partial charge in [0.1, 0.15) is 12.4 Å². The summed E-state index contributed by atoms with van der Waals surface area (Å²) in [5, 5.41) is 8.82. The smallest absolute Gasteiger partial charge is 0.312 e. The average molecular weight is 556 g/mol. The number of rotatable bonds is 7. The number of fused-ring (bicyclic) bond motifs is 2. The predicted molar refractivity (Wildman–Crippen MR) is 164 cm³/mol. The Morgan fingerprint density at radius 1 is 1.20 bits per heavy atom. The van der Waals surface area contributed by atoms with Gasteiger partial charge in [-0.2, -0.15) is 5.10 Å². The Balaban J connectivity index is 1.52. The molecule has 8 heteroatoms. The van der Waals surface area contributed by atoms with E-state index in [1.54, 1.807) is 0 Å². The van der Waals surface area contributed by atoms with Crippen LogP contribution in [0.1, 0.15) is 53.1 Å². The number of benzene rings is 3. The van der Waals surface area contributed by atoms with Crippen molar-refractivity contribution < 1.29 is 14.3 Å². The number of ether oxygens (including phenoxy) is 2. The molecule has 4 aromatic rings. The molecular weight excluding hydrogens is 514 g/mol. The molecule has 0 fully saturated rings. The summed E-state index contributed by atoms with van der Waals surface area (Å²) in [4.78, 5) is 15.6. The summed E-state index contributed by atoms with van der Waals surface area (Å²) < 4.78 is 13.3. The average Bonchev–Trinajstić information content (AvgIpc) is 3.18. The van der Waals surface area contributed by atoms with Crippen LogP contribution in [0.15, 0.2) is 48.7 Å². The predicted octanol–water partition coefficient (Wildman–Crippen LogP) is 5.54. The number of hydrogen-bond acceptors (Lipinski definition) is 7. The van der Waals surface area contributed by atoms with E-state index in [9.17, 15) is 4.79 Å². The first-order valence-corrected chi connectivity index (χ1v) is 14.1. The number of anilines is 2. The first-order valence-electron chi connectivity index (χ1n) is 14.1. The lowest BCUT2D eigenvalue weighted by atomic mass is 9.69. The van der Waals surface area contributed by atoms with E-state index < -0.39 is 5.41 Å². The maximum atomic E-state index is 13.2. The third-order valence-electron chi connectivity index (χ3n) is 8.53. The highest BCUT2D eigenvalue weighted by Gasteiger charge is 2.41. The number of esters is 1. The van der Waals surface area contributed by atoms with Crippen molar-refractivity contribution in [2.24, 2.45) is 12.5 Å². The zero-order chi connectivity index (χ0) is 29.5. The number of nitrogens with zero attached hydrogens (tertiary/aromatic N) is 3. The minimum atomic E-state index is -0.829. The van der Waals surface area contributed by atoms with Gasteiger partial charge < -0.3 is 20.5 Å². The molecule has 5 rings (SSSR count). The van der Waals surface area contributed by atoms with Gasteiger partial charge in [-0.15, -0.1) is 0 Å². The molecule has 1 unspecified atom stereocenters. The molecule has 2 heterocycles. The minimum Gasteiger partial charge on any atom is -0.492 e. The molecule has 0 aliphatic carbocycles. The molecule has 0 spiro atoms. The van der Waals surface area contributed by atoms with E-state index in [4.69, 9.17) is 15.2 Å². The van der Waals surface area contributed by atoms with Gasteiger partial charge in [0, 0.05) is 62.9 Å². The van der Waals surface area contributed by atoms with Gasteiger partial charge in [-0.25, -0.2) is 0 Å². The van der Waals surface area contributed by atoms with E-state index in [0.29, 0.717) is 12.3 Å². The van der Waals surface area contributed by atoms with Gasteiger partial charge >= 0.3 is 5.97 Å². The molecule has 0 saturated carbocycles. The monoisotopic (exact) mass is 555 g/mol. The van der Waals surface area contributed by atoms with Gasteiger partial charge in [-0.3, -0.25) is 14.4 Å². The first kappa shape index (κ1) is 28.5. The fourth-order valence-electron chi connectivity index (χ4n) is 6.14. The molecule has 0 radical (unpaired) electrons. The molecule has 3 N–H and O–H groups in total. The van der Waals surface area contributed by atoms with Gasteiger partial charge in [0.15, 0.2) is 0 Å². The fraction of sp³-hybridized carbons (Fsp3) is 0.394. The van der Waals surface area contributed by atoms with Crippen molar-refractivity contribution in [1.29, 1.82) is 0 Å². The Bertz CT molecular complexity index is 1610. The second kappa shape index (κ2) is 11.1. The van der Waals surface area contributed by atoms with Crippen LogP contribution in [0.4, 0.5) is 11.4 Å². The highest BCUT2D eigenvalue weighted by molar-refractivity contribution is 5.81. The van der Waals surface area contributed by atoms with E-state index in [2.05, 4.69) is 52.6 Å². The number of carbonyl (C=O) groups is 1. The highest BCUT2D eigenvalue weighted by Crippen LogP contribution is 2.45. The molecule has 0 saturated heterocycles. The summed E-state index contributed by atoms with van der Waals surface area (Å²) in [7, 11) is 5.25. The molecule has 1 aliphatic rings. The lowest BCUT2D eigenvalue weighted by Crippen LogP contribution is -2.34. The number of aromatic nitrogens is 2. The standard InChI is InChI=1S/C33H41N5O3/c1-20-8-9-22(30(33(3,4)32(39)40-7)26-10-11-27(35-5)31(34)21(26)2)14-23(20)18-38-12-13-41-29-16-28-24(15-25(29)19-38)17-37(6)36-28/h8-11,14-17,30,35H,12-13,18-19,34H2,1-7H3. The summed E-state index contributed by atoms with van der Waals surface area (Å²) in [6.07, 6.45) is 2.04. The Kier molecular flexibility index (Phi) is 7.70. The molecule has 3 aromatic carbocycles. The first-order chi connectivity index (χ1) is 19.5. The van der Waals surface area contributed by atoms with Crippen LogP contribution in [0.2, 0.25) is 0 Å². The number of hydrogen-bond donors (Lipinski definition) is 2. The zero-order valence-corrected chi connectivity index (χ0v) is 25.2. The lowest BCUT2D eigenvalue weighted by Gasteiger charge is -2.34. The number of aryl methyl sites for hydroxylation is 2. The topological polar surface area (TPSA) is 94.6 Å². The highest BCUT2D eigenvalue weighted by atomic mass is 16.5. The zero-order valence-electron chi connectivity index (χ0n) is 25.2. The van der Waals surface area contributed by atoms with Gasteiger partial charge in [0.25, 0.3) is 0 Å². The van der Waals surface area contributed by atoms with E-state index in [1.807, 2.05) is 57.9 Å². The maximum absolute atomic E-state index is 13.2. The quantitative estimate of drug-likeness (QED) is 0.228. The van der Waals surface area contributed by atoms with Crippen molar-refractivity contribution >= 4 is 28.2 Å². The molecular formula is C33H41N5O3. The lowest BCUT2D eigenvalue weighted by molar-refractivity contribution is -0.151. The molecule has 216 valence electrons. The van der Waals surface area contributed by atoms with Crippen LogP contribution in [0.25, 0.3) is 10.9 Å². The van der Waals surface area contributed by atoms with E-state index >= 15 is 0 Å². The molecule has 0 amide bonds. The van der Waals surface area contributed by atoms with Crippen molar-refractivity contribution in [1.82, 2.24) is 14.7 Å². The van der Waals surface area contributed by atoms with Crippen LogP contribution in [0.3, 0.4) is 0 Å². The van der Waals surface area contributed by atoms with Crippen molar-refractivity contribution in [2.45, 2.75) is 46.7 Å². The maximum Gasteiger partial charge on any atom is 0.312 e. The fourth-order valence-corrected chi connectivity index (χ4v) is 6.14. The number of nitrogen functional groups attached to an aromatic ring is 1. The van der Waals surface area contributed by atoms with Crippen molar-refractivity contribution in [3.05, 3.63) is 82.0 Å². The third-order valence-corrected chi connectivity index (χ3v) is 8.53. The SMILES string of the molecule is CNc1ccc(C(c2ccc(C)c(CN3CCOc4cc5nn(C)cc5cc4C3)c2)C(C)(C)C(=O)OC)c(C)c1N. The van der Waals surface area contributed by atoms with Crippen molar-refractivity contribution in [2.75, 3.05) is 38.4 Å². The summed E-state index contributed by atoms with van der Waals surface area (Å²) in [5.74, 6) is 0.389. The Morgan fingerprint density at radius 3 is 2.71 bits per heavy atom. The van der Waals surface area contributed by atoms with Crippen molar-refractivity contribution in [3.63, 3.8) is 0 Å². The number of methoxy groups -OCH3 is 1. The van der Waals surface area contributed by atoms with Crippen LogP contribution in [0, 0.1) is 19.3 Å². The van der Waals surface area contributed by atoms with E-state index in [1.165, 1.54) is 18.2 Å². The normalized spacial score (nSPS) is 14.7. The summed E-state index contributed by atoms with van der Waals surface area (Å²) in [6, 6.07) is 14.9. The molecule has 0 bridgehead atoms. The molecule has 8 nitrogen and oxygen atoms in total. The summed E-state index contributed by atoms with van der Waals surface area (Å²) in [6.45, 7) is 11.0. The van der Waals surface area contributed by atoms with Gasteiger partial charge in [-0.1, -0.05) is 24.3 Å². The van der Waals surface area contributed by atoms with Crippen LogP contribution in [-0.4, -0.2) is 48.0 Å².